The molecular formula is C17H29N3. The maximum atomic E-state index is 3.53. The molecule has 1 aromatic rings. The van der Waals surface area contributed by atoms with Crippen molar-refractivity contribution in [3.05, 3.63) is 29.8 Å². The van der Waals surface area contributed by atoms with E-state index in [9.17, 15) is 0 Å². The van der Waals surface area contributed by atoms with Crippen molar-refractivity contribution < 1.29 is 0 Å². The quantitative estimate of drug-likeness (QED) is 0.891. The van der Waals surface area contributed by atoms with Gasteiger partial charge in [-0.15, -0.1) is 0 Å². The van der Waals surface area contributed by atoms with Crippen LogP contribution in [0.5, 0.6) is 0 Å². The van der Waals surface area contributed by atoms with Crippen molar-refractivity contribution in [1.82, 2.24) is 10.2 Å². The molecule has 0 spiro atoms. The van der Waals surface area contributed by atoms with Gasteiger partial charge in [-0.05, 0) is 38.1 Å². The zero-order chi connectivity index (χ0) is 14.5. The molecule has 1 aliphatic rings. The predicted octanol–water partition coefficient (Wildman–Crippen LogP) is 2.72. The number of nitrogens with zero attached hydrogens (tertiary/aromatic N) is 2. The van der Waals surface area contributed by atoms with Crippen molar-refractivity contribution in [3.63, 3.8) is 0 Å². The van der Waals surface area contributed by atoms with E-state index < -0.39 is 0 Å². The predicted molar refractivity (Wildman–Crippen MR) is 87.3 cm³/mol. The van der Waals surface area contributed by atoms with Crippen molar-refractivity contribution in [2.75, 3.05) is 32.1 Å². The Hall–Kier alpha value is -1.06. The van der Waals surface area contributed by atoms with Gasteiger partial charge in [-0.1, -0.05) is 32.0 Å². The highest BCUT2D eigenvalue weighted by Crippen LogP contribution is 2.24. The summed E-state index contributed by atoms with van der Waals surface area (Å²) < 4.78 is 0. The highest BCUT2D eigenvalue weighted by atomic mass is 15.2. The summed E-state index contributed by atoms with van der Waals surface area (Å²) in [6.45, 7) is 7.74. The molecule has 0 radical (unpaired) electrons. The van der Waals surface area contributed by atoms with Crippen LogP contribution in [0.25, 0.3) is 0 Å². The first-order valence-electron chi connectivity index (χ1n) is 7.80. The van der Waals surface area contributed by atoms with Gasteiger partial charge >= 0.3 is 0 Å². The van der Waals surface area contributed by atoms with E-state index in [2.05, 4.69) is 67.3 Å². The Kier molecular flexibility index (Phi) is 5.44. The number of para-hydroxylation sites is 1. The Morgan fingerprint density at radius 2 is 2.10 bits per heavy atom. The molecule has 1 heterocycles. The van der Waals surface area contributed by atoms with E-state index in [1.54, 1.807) is 0 Å². The molecule has 112 valence electrons. The number of benzene rings is 1. The first kappa shape index (κ1) is 15.3. The van der Waals surface area contributed by atoms with Crippen molar-refractivity contribution in [2.24, 2.45) is 0 Å². The minimum Gasteiger partial charge on any atom is -0.370 e. The molecule has 2 rings (SSSR count). The fourth-order valence-electron chi connectivity index (χ4n) is 2.97. The Morgan fingerprint density at radius 1 is 1.35 bits per heavy atom. The molecule has 1 aromatic carbocycles. The number of rotatable bonds is 5. The number of piperidine rings is 1. The Bertz CT molecular complexity index is 416. The fourth-order valence-corrected chi connectivity index (χ4v) is 2.97. The number of hydrogen-bond donors (Lipinski definition) is 1. The van der Waals surface area contributed by atoms with E-state index in [1.165, 1.54) is 37.2 Å². The number of likely N-dealkylation sites (N-methyl/N-ethyl adjacent to an activating group) is 2. The second kappa shape index (κ2) is 7.09. The average Bonchev–Trinajstić information content (AvgIpc) is 2.44. The molecule has 20 heavy (non-hydrogen) atoms. The van der Waals surface area contributed by atoms with Crippen LogP contribution in [0.1, 0.15) is 32.3 Å². The molecule has 1 saturated heterocycles. The molecule has 0 amide bonds. The van der Waals surface area contributed by atoms with E-state index in [0.29, 0.717) is 12.1 Å². The van der Waals surface area contributed by atoms with Gasteiger partial charge < -0.3 is 15.1 Å². The Balaban J connectivity index is 2.10. The normalized spacial score (nSPS) is 20.4. The van der Waals surface area contributed by atoms with E-state index in [0.717, 1.165) is 6.54 Å². The summed E-state index contributed by atoms with van der Waals surface area (Å²) in [6, 6.07) is 9.95. The molecular weight excluding hydrogens is 246 g/mol. The zero-order valence-corrected chi connectivity index (χ0v) is 13.4. The van der Waals surface area contributed by atoms with Crippen LogP contribution in [-0.4, -0.2) is 44.2 Å². The van der Waals surface area contributed by atoms with Gasteiger partial charge in [0, 0.05) is 37.9 Å². The van der Waals surface area contributed by atoms with Gasteiger partial charge in [0.05, 0.1) is 0 Å². The lowest BCUT2D eigenvalue weighted by Crippen LogP contribution is -2.45. The molecule has 1 aliphatic heterocycles. The highest BCUT2D eigenvalue weighted by molar-refractivity contribution is 5.54. The van der Waals surface area contributed by atoms with Gasteiger partial charge in [-0.2, -0.15) is 0 Å². The first-order chi connectivity index (χ1) is 9.58. The van der Waals surface area contributed by atoms with E-state index in [4.69, 9.17) is 0 Å². The summed E-state index contributed by atoms with van der Waals surface area (Å²) in [7, 11) is 4.48. The van der Waals surface area contributed by atoms with E-state index in [1.807, 2.05) is 0 Å². The monoisotopic (exact) mass is 275 g/mol. The van der Waals surface area contributed by atoms with Crippen molar-refractivity contribution in [3.8, 4) is 0 Å². The lowest BCUT2D eigenvalue weighted by molar-refractivity contribution is 0.248. The third-order valence-electron chi connectivity index (χ3n) is 4.22. The molecule has 1 fully saturated rings. The third kappa shape index (κ3) is 3.97. The van der Waals surface area contributed by atoms with Crippen LogP contribution in [0, 0.1) is 0 Å². The van der Waals surface area contributed by atoms with Crippen LogP contribution in [-0.2, 0) is 6.54 Å². The zero-order valence-electron chi connectivity index (χ0n) is 13.4. The first-order valence-corrected chi connectivity index (χ1v) is 7.80. The van der Waals surface area contributed by atoms with E-state index in [-0.39, 0.29) is 0 Å². The molecule has 3 nitrogen and oxygen atoms in total. The second-order valence-corrected chi connectivity index (χ2v) is 6.33. The van der Waals surface area contributed by atoms with Gasteiger partial charge in [0.25, 0.3) is 0 Å². The fraction of sp³-hybridized carbons (Fsp3) is 0.647. The van der Waals surface area contributed by atoms with Gasteiger partial charge in [0.15, 0.2) is 0 Å². The Morgan fingerprint density at radius 3 is 2.80 bits per heavy atom. The molecule has 1 unspecified atom stereocenters. The van der Waals surface area contributed by atoms with Crippen LogP contribution < -0.4 is 10.2 Å². The topological polar surface area (TPSA) is 18.5 Å². The average molecular weight is 275 g/mol. The molecule has 3 heteroatoms. The second-order valence-electron chi connectivity index (χ2n) is 6.33. The SMILES string of the molecule is CC(C)NCc1ccccc1N(C)C1CCCN(C)C1. The number of hydrogen-bond acceptors (Lipinski definition) is 3. The molecule has 1 atom stereocenters. The van der Waals surface area contributed by atoms with Crippen LogP contribution >= 0.6 is 0 Å². The van der Waals surface area contributed by atoms with Gasteiger partial charge in [0.2, 0.25) is 0 Å². The lowest BCUT2D eigenvalue weighted by atomic mass is 10.0. The summed E-state index contributed by atoms with van der Waals surface area (Å²) in [4.78, 5) is 4.92. The third-order valence-corrected chi connectivity index (χ3v) is 4.22. The molecule has 0 saturated carbocycles. The van der Waals surface area contributed by atoms with Gasteiger partial charge in [-0.25, -0.2) is 0 Å². The van der Waals surface area contributed by atoms with Crippen LogP contribution in [0.3, 0.4) is 0 Å². The molecule has 0 aliphatic carbocycles. The smallest absolute Gasteiger partial charge is 0.0414 e. The van der Waals surface area contributed by atoms with Gasteiger partial charge in [0.1, 0.15) is 0 Å². The molecule has 0 bridgehead atoms. The molecule has 1 N–H and O–H groups in total. The lowest BCUT2D eigenvalue weighted by Gasteiger charge is -2.38. The van der Waals surface area contributed by atoms with E-state index >= 15 is 0 Å². The maximum Gasteiger partial charge on any atom is 0.0414 e. The number of nitrogens with one attached hydrogen (secondary N) is 1. The standard InChI is InChI=1S/C17H29N3/c1-14(2)18-12-15-8-5-6-10-17(15)20(4)16-9-7-11-19(3)13-16/h5-6,8,10,14,16,18H,7,9,11-13H2,1-4H3. The van der Waals surface area contributed by atoms with Crippen molar-refractivity contribution >= 4 is 5.69 Å². The maximum absolute atomic E-state index is 3.53. The summed E-state index contributed by atoms with van der Waals surface area (Å²) in [5.74, 6) is 0. The van der Waals surface area contributed by atoms with Crippen molar-refractivity contribution in [2.45, 2.75) is 45.3 Å². The minimum atomic E-state index is 0.522. The molecule has 0 aromatic heterocycles. The number of likely N-dealkylation sites (tertiary alicyclic amines) is 1. The van der Waals surface area contributed by atoms with Crippen molar-refractivity contribution in [1.29, 1.82) is 0 Å². The van der Waals surface area contributed by atoms with Crippen LogP contribution in [0.2, 0.25) is 0 Å². The number of anilines is 1. The van der Waals surface area contributed by atoms with Gasteiger partial charge in [-0.3, -0.25) is 0 Å². The summed E-state index contributed by atoms with van der Waals surface area (Å²) in [5.41, 5.74) is 2.78. The highest BCUT2D eigenvalue weighted by Gasteiger charge is 2.22. The minimum absolute atomic E-state index is 0.522. The summed E-state index contributed by atoms with van der Waals surface area (Å²) in [5, 5.41) is 3.53. The largest absolute Gasteiger partial charge is 0.370 e. The summed E-state index contributed by atoms with van der Waals surface area (Å²) in [6.07, 6.45) is 2.60. The Labute approximate surface area is 124 Å². The van der Waals surface area contributed by atoms with Crippen LogP contribution in [0.4, 0.5) is 5.69 Å². The van der Waals surface area contributed by atoms with Crippen LogP contribution in [0.15, 0.2) is 24.3 Å². The summed E-state index contributed by atoms with van der Waals surface area (Å²) >= 11 is 0.